The Hall–Kier alpha value is -1.29. The SMILES string of the molecule is C=CC/C=C/CCC/C=C/CC#N. The molecule has 0 aliphatic heterocycles. The smallest absolute Gasteiger partial charge is 0.0663 e. The first-order chi connectivity index (χ1) is 6.41. The molecule has 0 aromatic rings. The second-order valence-electron chi connectivity index (χ2n) is 2.76. The summed E-state index contributed by atoms with van der Waals surface area (Å²) in [6.45, 7) is 3.64. The van der Waals surface area contributed by atoms with E-state index in [2.05, 4.69) is 30.9 Å². The van der Waals surface area contributed by atoms with Crippen LogP contribution in [0, 0.1) is 11.3 Å². The Balaban J connectivity index is 3.17. The maximum absolute atomic E-state index is 8.24. The molecule has 0 aliphatic rings. The molecule has 1 heteroatoms. The third-order valence-electron chi connectivity index (χ3n) is 1.59. The molecule has 0 bridgehead atoms. The predicted octanol–water partition coefficient (Wildman–Crippen LogP) is 3.76. The summed E-state index contributed by atoms with van der Waals surface area (Å²) in [6, 6.07) is 2.07. The third kappa shape index (κ3) is 10.7. The first-order valence-corrected chi connectivity index (χ1v) is 4.69. The average molecular weight is 175 g/mol. The van der Waals surface area contributed by atoms with Crippen LogP contribution in [0.3, 0.4) is 0 Å². The predicted molar refractivity (Wildman–Crippen MR) is 57.2 cm³/mol. The van der Waals surface area contributed by atoms with E-state index in [9.17, 15) is 0 Å². The van der Waals surface area contributed by atoms with Gasteiger partial charge in [-0.25, -0.2) is 0 Å². The summed E-state index contributed by atoms with van der Waals surface area (Å²) in [4.78, 5) is 0. The van der Waals surface area contributed by atoms with Gasteiger partial charge in [0.2, 0.25) is 0 Å². The monoisotopic (exact) mass is 175 g/mol. The first kappa shape index (κ1) is 11.7. The van der Waals surface area contributed by atoms with Crippen LogP contribution >= 0.6 is 0 Å². The zero-order valence-electron chi connectivity index (χ0n) is 8.08. The van der Waals surface area contributed by atoms with Crippen molar-refractivity contribution in [2.45, 2.75) is 32.1 Å². The molecule has 0 saturated carbocycles. The number of nitriles is 1. The topological polar surface area (TPSA) is 23.8 Å². The van der Waals surface area contributed by atoms with E-state index in [1.54, 1.807) is 0 Å². The van der Waals surface area contributed by atoms with Crippen molar-refractivity contribution in [3.8, 4) is 6.07 Å². The van der Waals surface area contributed by atoms with Gasteiger partial charge in [0.05, 0.1) is 12.5 Å². The summed E-state index contributed by atoms with van der Waals surface area (Å²) in [5.74, 6) is 0. The van der Waals surface area contributed by atoms with Gasteiger partial charge in [0.1, 0.15) is 0 Å². The van der Waals surface area contributed by atoms with Gasteiger partial charge in [0.15, 0.2) is 0 Å². The molecule has 0 heterocycles. The van der Waals surface area contributed by atoms with Crippen LogP contribution in [0.25, 0.3) is 0 Å². The van der Waals surface area contributed by atoms with Crippen molar-refractivity contribution in [3.05, 3.63) is 37.0 Å². The Morgan fingerprint density at radius 2 is 1.77 bits per heavy atom. The number of allylic oxidation sites excluding steroid dienone is 5. The number of hydrogen-bond donors (Lipinski definition) is 0. The Labute approximate surface area is 81.1 Å². The van der Waals surface area contributed by atoms with Crippen molar-refractivity contribution in [3.63, 3.8) is 0 Å². The van der Waals surface area contributed by atoms with Gasteiger partial charge >= 0.3 is 0 Å². The van der Waals surface area contributed by atoms with E-state index in [1.807, 2.05) is 12.2 Å². The van der Waals surface area contributed by atoms with Gasteiger partial charge in [-0.3, -0.25) is 0 Å². The van der Waals surface area contributed by atoms with Crippen molar-refractivity contribution in [1.29, 1.82) is 5.26 Å². The van der Waals surface area contributed by atoms with Gasteiger partial charge in [-0.15, -0.1) is 6.58 Å². The fourth-order valence-corrected chi connectivity index (χ4v) is 0.918. The number of unbranched alkanes of at least 4 members (excludes halogenated alkanes) is 2. The minimum Gasteiger partial charge on any atom is -0.198 e. The van der Waals surface area contributed by atoms with Gasteiger partial charge in [-0.2, -0.15) is 5.26 Å². The molecule has 0 aromatic carbocycles. The highest BCUT2D eigenvalue weighted by Gasteiger charge is 1.79. The molecular formula is C12H17N. The quantitative estimate of drug-likeness (QED) is 0.427. The fraction of sp³-hybridized carbons (Fsp3) is 0.417. The summed E-state index contributed by atoms with van der Waals surface area (Å²) < 4.78 is 0. The lowest BCUT2D eigenvalue weighted by Crippen LogP contribution is -1.69. The number of nitrogens with zero attached hydrogens (tertiary/aromatic N) is 1. The van der Waals surface area contributed by atoms with E-state index in [-0.39, 0.29) is 0 Å². The van der Waals surface area contributed by atoms with E-state index >= 15 is 0 Å². The van der Waals surface area contributed by atoms with Gasteiger partial charge in [-0.1, -0.05) is 30.4 Å². The Morgan fingerprint density at radius 1 is 1.08 bits per heavy atom. The van der Waals surface area contributed by atoms with E-state index in [0.29, 0.717) is 6.42 Å². The Morgan fingerprint density at radius 3 is 2.38 bits per heavy atom. The second kappa shape index (κ2) is 10.7. The van der Waals surface area contributed by atoms with Crippen LogP contribution in [0.2, 0.25) is 0 Å². The van der Waals surface area contributed by atoms with Crippen molar-refractivity contribution in [1.82, 2.24) is 0 Å². The minimum absolute atomic E-state index is 0.534. The maximum atomic E-state index is 8.24. The summed E-state index contributed by atoms with van der Waals surface area (Å²) in [5.41, 5.74) is 0. The third-order valence-corrected chi connectivity index (χ3v) is 1.59. The number of hydrogen-bond acceptors (Lipinski definition) is 1. The van der Waals surface area contributed by atoms with Crippen LogP contribution in [0.4, 0.5) is 0 Å². The average Bonchev–Trinajstić information content (AvgIpc) is 2.16. The van der Waals surface area contributed by atoms with E-state index in [4.69, 9.17) is 5.26 Å². The molecule has 0 saturated heterocycles. The molecule has 0 amide bonds. The summed E-state index contributed by atoms with van der Waals surface area (Å²) in [6.07, 6.45) is 15.0. The zero-order chi connectivity index (χ0) is 9.78. The molecule has 0 spiro atoms. The summed E-state index contributed by atoms with van der Waals surface area (Å²) in [5, 5.41) is 8.24. The molecule has 0 aromatic heterocycles. The molecule has 0 N–H and O–H groups in total. The van der Waals surface area contributed by atoms with Crippen LogP contribution in [0.15, 0.2) is 37.0 Å². The molecular weight excluding hydrogens is 158 g/mol. The number of rotatable bonds is 7. The van der Waals surface area contributed by atoms with Crippen LogP contribution in [-0.2, 0) is 0 Å². The Bertz CT molecular complexity index is 206. The normalized spacial score (nSPS) is 10.7. The highest BCUT2D eigenvalue weighted by molar-refractivity contribution is 4.92. The molecule has 0 unspecified atom stereocenters. The fourth-order valence-electron chi connectivity index (χ4n) is 0.918. The molecule has 70 valence electrons. The van der Waals surface area contributed by atoms with Crippen LogP contribution < -0.4 is 0 Å². The second-order valence-corrected chi connectivity index (χ2v) is 2.76. The minimum atomic E-state index is 0.534. The van der Waals surface area contributed by atoms with Crippen LogP contribution in [-0.4, -0.2) is 0 Å². The zero-order valence-corrected chi connectivity index (χ0v) is 8.08. The molecule has 1 nitrogen and oxygen atoms in total. The van der Waals surface area contributed by atoms with E-state index in [0.717, 1.165) is 25.7 Å². The van der Waals surface area contributed by atoms with E-state index in [1.165, 1.54) is 0 Å². The van der Waals surface area contributed by atoms with Crippen LogP contribution in [0.1, 0.15) is 32.1 Å². The van der Waals surface area contributed by atoms with Gasteiger partial charge in [-0.05, 0) is 25.7 Å². The van der Waals surface area contributed by atoms with Gasteiger partial charge in [0, 0.05) is 0 Å². The standard InChI is InChI=1S/C12H17N/c1-2-3-4-5-6-7-8-9-10-11-12-13/h2,4-5,9-10H,1,3,6-8,11H2/b5-4+,10-9+. The molecule has 0 radical (unpaired) electrons. The maximum Gasteiger partial charge on any atom is 0.0663 e. The van der Waals surface area contributed by atoms with Gasteiger partial charge < -0.3 is 0 Å². The Kier molecular flexibility index (Phi) is 9.65. The largest absolute Gasteiger partial charge is 0.198 e. The highest BCUT2D eigenvalue weighted by Crippen LogP contribution is 1.99. The van der Waals surface area contributed by atoms with Crippen molar-refractivity contribution < 1.29 is 0 Å². The van der Waals surface area contributed by atoms with Crippen molar-refractivity contribution in [2.75, 3.05) is 0 Å². The molecule has 0 aliphatic carbocycles. The van der Waals surface area contributed by atoms with E-state index < -0.39 is 0 Å². The molecule has 0 rings (SSSR count). The van der Waals surface area contributed by atoms with Gasteiger partial charge in [0.25, 0.3) is 0 Å². The van der Waals surface area contributed by atoms with Crippen molar-refractivity contribution >= 4 is 0 Å². The summed E-state index contributed by atoms with van der Waals surface area (Å²) in [7, 11) is 0. The highest BCUT2D eigenvalue weighted by atomic mass is 14.2. The lowest BCUT2D eigenvalue weighted by atomic mass is 10.2. The molecule has 0 fully saturated rings. The molecule has 13 heavy (non-hydrogen) atoms. The summed E-state index contributed by atoms with van der Waals surface area (Å²) >= 11 is 0. The van der Waals surface area contributed by atoms with Crippen LogP contribution in [0.5, 0.6) is 0 Å². The van der Waals surface area contributed by atoms with Crippen molar-refractivity contribution in [2.24, 2.45) is 0 Å². The lowest BCUT2D eigenvalue weighted by molar-refractivity contribution is 0.864. The first-order valence-electron chi connectivity index (χ1n) is 4.69. The lowest BCUT2D eigenvalue weighted by Gasteiger charge is -1.88. The molecule has 0 atom stereocenters.